The number of carbonyl (C=O) groups is 2. The molecule has 220 valence electrons. The van der Waals surface area contributed by atoms with E-state index in [2.05, 4.69) is 10.6 Å². The number of aromatic nitrogens is 2. The molecule has 0 bridgehead atoms. The van der Waals surface area contributed by atoms with E-state index in [4.69, 9.17) is 18.9 Å². The first kappa shape index (κ1) is 28.7. The molecule has 1 aliphatic rings. The highest BCUT2D eigenvalue weighted by Crippen LogP contribution is 2.32. The minimum absolute atomic E-state index is 0.0892. The van der Waals surface area contributed by atoms with Gasteiger partial charge in [-0.15, -0.1) is 11.3 Å². The Bertz CT molecular complexity index is 1740. The lowest BCUT2D eigenvalue weighted by molar-refractivity contribution is -0.122. The Morgan fingerprint density at radius 3 is 2.50 bits per heavy atom. The van der Waals surface area contributed by atoms with E-state index in [0.717, 1.165) is 15.7 Å². The van der Waals surface area contributed by atoms with Crippen molar-refractivity contribution in [3.05, 3.63) is 79.8 Å². The Labute approximate surface area is 244 Å². The van der Waals surface area contributed by atoms with Crippen molar-refractivity contribution < 1.29 is 28.5 Å². The van der Waals surface area contributed by atoms with E-state index in [1.807, 2.05) is 18.2 Å². The Morgan fingerprint density at radius 2 is 1.69 bits per heavy atom. The highest BCUT2D eigenvalue weighted by Gasteiger charge is 2.18. The maximum Gasteiger partial charge on any atom is 0.332 e. The lowest BCUT2D eigenvalue weighted by Crippen LogP contribution is -2.43. The summed E-state index contributed by atoms with van der Waals surface area (Å²) in [7, 11) is 3.12. The average molecular weight is 595 g/mol. The molecule has 0 saturated carbocycles. The molecule has 0 saturated heterocycles. The van der Waals surface area contributed by atoms with Gasteiger partial charge < -0.3 is 29.6 Å². The van der Waals surface area contributed by atoms with Gasteiger partial charge in [0, 0.05) is 26.1 Å². The summed E-state index contributed by atoms with van der Waals surface area (Å²) < 4.78 is 23.8. The molecular formula is C29H30N4O8S. The number of nitrogens with zero attached hydrogens (tertiary/aromatic N) is 2. The second-order valence-electron chi connectivity index (χ2n) is 9.46. The lowest BCUT2D eigenvalue weighted by atomic mass is 10.1. The minimum atomic E-state index is -0.649. The van der Waals surface area contributed by atoms with Gasteiger partial charge in [-0.3, -0.25) is 23.5 Å². The van der Waals surface area contributed by atoms with Gasteiger partial charge in [0.25, 0.3) is 5.56 Å². The molecule has 0 fully saturated rings. The second-order valence-corrected chi connectivity index (χ2v) is 10.4. The molecule has 0 spiro atoms. The Balaban J connectivity index is 1.21. The van der Waals surface area contributed by atoms with Gasteiger partial charge in [0.2, 0.25) is 18.6 Å². The smallest absolute Gasteiger partial charge is 0.332 e. The van der Waals surface area contributed by atoms with E-state index in [9.17, 15) is 19.2 Å². The summed E-state index contributed by atoms with van der Waals surface area (Å²) in [6, 6.07) is 12.5. The highest BCUT2D eigenvalue weighted by atomic mass is 32.1. The van der Waals surface area contributed by atoms with Crippen molar-refractivity contribution in [1.82, 2.24) is 19.8 Å². The van der Waals surface area contributed by atoms with E-state index in [-0.39, 0.29) is 44.7 Å². The zero-order valence-corrected chi connectivity index (χ0v) is 24.0. The number of nitrogens with one attached hydrogen (secondary N) is 2. The van der Waals surface area contributed by atoms with Crippen LogP contribution in [0, 0.1) is 0 Å². The lowest BCUT2D eigenvalue weighted by Gasteiger charge is -2.13. The van der Waals surface area contributed by atoms with Gasteiger partial charge in [-0.05, 0) is 53.3 Å². The normalized spacial score (nSPS) is 11.9. The minimum Gasteiger partial charge on any atom is -0.493 e. The summed E-state index contributed by atoms with van der Waals surface area (Å²) in [5.41, 5.74) is 1.01. The molecule has 2 aromatic carbocycles. The molecule has 5 rings (SSSR count). The molecule has 2 aromatic heterocycles. The zero-order valence-electron chi connectivity index (χ0n) is 23.1. The van der Waals surface area contributed by atoms with Crippen LogP contribution in [-0.2, 0) is 35.6 Å². The number of ether oxygens (including phenoxy) is 4. The first-order valence-corrected chi connectivity index (χ1v) is 14.1. The predicted octanol–water partition coefficient (Wildman–Crippen LogP) is 2.04. The number of carbonyl (C=O) groups excluding carboxylic acids is 2. The van der Waals surface area contributed by atoms with Gasteiger partial charge in [-0.2, -0.15) is 0 Å². The third-order valence-electron chi connectivity index (χ3n) is 6.81. The van der Waals surface area contributed by atoms with Crippen molar-refractivity contribution >= 4 is 33.4 Å². The number of thiophene rings is 1. The van der Waals surface area contributed by atoms with Gasteiger partial charge in [0.1, 0.15) is 11.2 Å². The Morgan fingerprint density at radius 1 is 0.905 bits per heavy atom. The summed E-state index contributed by atoms with van der Waals surface area (Å²) in [6.07, 6.45) is 0.448. The summed E-state index contributed by atoms with van der Waals surface area (Å²) >= 11 is 1.18. The SMILES string of the molecule is COc1ccc(CCNC(=O)Cn2c(=O)n(CCC(=O)NCc3ccc4c(c3)OCO4)c(=O)c3sccc32)cc1OC. The average Bonchev–Trinajstić information content (AvgIpc) is 3.68. The van der Waals surface area contributed by atoms with E-state index in [1.54, 1.807) is 43.9 Å². The van der Waals surface area contributed by atoms with Gasteiger partial charge >= 0.3 is 5.69 Å². The van der Waals surface area contributed by atoms with Crippen LogP contribution in [0.2, 0.25) is 0 Å². The number of rotatable bonds is 12. The molecule has 0 atom stereocenters. The van der Waals surface area contributed by atoms with Crippen molar-refractivity contribution in [2.24, 2.45) is 0 Å². The Kier molecular flexibility index (Phi) is 8.77. The fourth-order valence-corrected chi connectivity index (χ4v) is 5.46. The molecule has 1 aliphatic heterocycles. The van der Waals surface area contributed by atoms with Crippen LogP contribution < -0.4 is 40.8 Å². The summed E-state index contributed by atoms with van der Waals surface area (Å²) in [6.45, 7) is 0.349. The topological polar surface area (TPSA) is 139 Å². The molecule has 0 radical (unpaired) electrons. The standard InChI is InChI=1S/C29H30N4O8S/c1-38-21-5-3-18(13-23(21)39-2)7-10-30-26(35)16-33-20-9-12-42-27(20)28(36)32(29(33)37)11-8-25(34)31-15-19-4-6-22-24(14-19)41-17-40-22/h3-6,9,12-14H,7-8,10-11,15-17H2,1-2H3,(H,30,35)(H,31,34). The maximum atomic E-state index is 13.3. The maximum absolute atomic E-state index is 13.3. The molecule has 13 heteroatoms. The number of methoxy groups -OCH3 is 2. The van der Waals surface area contributed by atoms with Gasteiger partial charge in [0.05, 0.1) is 19.7 Å². The van der Waals surface area contributed by atoms with Gasteiger partial charge in [0.15, 0.2) is 23.0 Å². The zero-order chi connectivity index (χ0) is 29.6. The van der Waals surface area contributed by atoms with Crippen LogP contribution in [0.15, 0.2) is 57.4 Å². The van der Waals surface area contributed by atoms with Crippen LogP contribution in [0.5, 0.6) is 23.0 Å². The van der Waals surface area contributed by atoms with Crippen LogP contribution in [0.25, 0.3) is 10.2 Å². The molecule has 2 amide bonds. The summed E-state index contributed by atoms with van der Waals surface area (Å²) in [5, 5.41) is 7.31. The molecule has 4 aromatic rings. The van der Waals surface area contributed by atoms with E-state index >= 15 is 0 Å². The van der Waals surface area contributed by atoms with Crippen LogP contribution in [0.4, 0.5) is 0 Å². The second kappa shape index (κ2) is 12.8. The van der Waals surface area contributed by atoms with Crippen LogP contribution in [0.3, 0.4) is 0 Å². The summed E-state index contributed by atoms with van der Waals surface area (Å²) in [5.74, 6) is 1.76. The van der Waals surface area contributed by atoms with Crippen LogP contribution >= 0.6 is 11.3 Å². The van der Waals surface area contributed by atoms with Gasteiger partial charge in [-0.1, -0.05) is 12.1 Å². The molecule has 12 nitrogen and oxygen atoms in total. The molecular weight excluding hydrogens is 564 g/mol. The quantitative estimate of drug-likeness (QED) is 0.254. The van der Waals surface area contributed by atoms with E-state index in [1.165, 1.54) is 15.9 Å². The van der Waals surface area contributed by atoms with Crippen molar-refractivity contribution in [1.29, 1.82) is 0 Å². The number of benzene rings is 2. The molecule has 42 heavy (non-hydrogen) atoms. The fourth-order valence-electron chi connectivity index (χ4n) is 4.62. The molecule has 0 aliphatic carbocycles. The predicted molar refractivity (Wildman–Crippen MR) is 156 cm³/mol. The number of hydrogen-bond donors (Lipinski definition) is 2. The first-order valence-electron chi connectivity index (χ1n) is 13.2. The summed E-state index contributed by atoms with van der Waals surface area (Å²) in [4.78, 5) is 51.8. The number of hydrogen-bond acceptors (Lipinski definition) is 9. The molecule has 2 N–H and O–H groups in total. The number of fused-ring (bicyclic) bond motifs is 2. The fraction of sp³-hybridized carbons (Fsp3) is 0.310. The van der Waals surface area contributed by atoms with Crippen molar-refractivity contribution in [3.8, 4) is 23.0 Å². The highest BCUT2D eigenvalue weighted by molar-refractivity contribution is 7.17. The van der Waals surface area contributed by atoms with Gasteiger partial charge in [-0.25, -0.2) is 4.79 Å². The van der Waals surface area contributed by atoms with Crippen LogP contribution in [0.1, 0.15) is 17.5 Å². The van der Waals surface area contributed by atoms with Crippen LogP contribution in [-0.4, -0.2) is 48.5 Å². The van der Waals surface area contributed by atoms with Crippen molar-refractivity contribution in [2.45, 2.75) is 32.5 Å². The monoisotopic (exact) mass is 594 g/mol. The first-order chi connectivity index (χ1) is 20.4. The van der Waals surface area contributed by atoms with Crippen molar-refractivity contribution in [2.75, 3.05) is 27.6 Å². The third-order valence-corrected chi connectivity index (χ3v) is 7.70. The Hall–Kier alpha value is -4.78. The molecule has 0 unspecified atom stereocenters. The van der Waals surface area contributed by atoms with E-state index < -0.39 is 11.2 Å². The number of amides is 2. The van der Waals surface area contributed by atoms with E-state index in [0.29, 0.717) is 46.2 Å². The third kappa shape index (κ3) is 6.25. The molecule has 3 heterocycles. The van der Waals surface area contributed by atoms with Crippen molar-refractivity contribution in [3.63, 3.8) is 0 Å². The largest absolute Gasteiger partial charge is 0.493 e.